The molecule has 17 heavy (non-hydrogen) atoms. The molecular formula is C12H20N4O. The Morgan fingerprint density at radius 3 is 2.88 bits per heavy atom. The highest BCUT2D eigenvalue weighted by Crippen LogP contribution is 2.17. The number of methoxy groups -OCH3 is 1. The SMILES string of the molecule is COc1cc(NCC2CCN(C)CC2)ncn1. The van der Waals surface area contributed by atoms with E-state index in [2.05, 4.69) is 27.2 Å². The number of hydrogen-bond acceptors (Lipinski definition) is 5. The third-order valence-corrected chi connectivity index (χ3v) is 3.26. The Bertz CT molecular complexity index is 350. The van der Waals surface area contributed by atoms with Gasteiger partial charge in [0.1, 0.15) is 12.1 Å². The predicted molar refractivity (Wildman–Crippen MR) is 67.3 cm³/mol. The number of nitrogens with zero attached hydrogens (tertiary/aromatic N) is 3. The molecule has 1 aromatic heterocycles. The zero-order chi connectivity index (χ0) is 12.1. The van der Waals surface area contributed by atoms with Crippen molar-refractivity contribution in [1.29, 1.82) is 0 Å². The Morgan fingerprint density at radius 2 is 2.18 bits per heavy atom. The average molecular weight is 236 g/mol. The van der Waals surface area contributed by atoms with Gasteiger partial charge in [-0.3, -0.25) is 0 Å². The molecule has 5 nitrogen and oxygen atoms in total. The minimum Gasteiger partial charge on any atom is -0.481 e. The lowest BCUT2D eigenvalue weighted by Crippen LogP contribution is -2.33. The van der Waals surface area contributed by atoms with Crippen molar-refractivity contribution >= 4 is 5.82 Å². The van der Waals surface area contributed by atoms with Crippen molar-refractivity contribution in [2.45, 2.75) is 12.8 Å². The summed E-state index contributed by atoms with van der Waals surface area (Å²) in [5.74, 6) is 2.19. The summed E-state index contributed by atoms with van der Waals surface area (Å²) in [6.07, 6.45) is 4.03. The Kier molecular flexibility index (Phi) is 4.14. The van der Waals surface area contributed by atoms with Gasteiger partial charge in [-0.05, 0) is 38.9 Å². The predicted octanol–water partition coefficient (Wildman–Crippen LogP) is 1.24. The monoisotopic (exact) mass is 236 g/mol. The molecule has 5 heteroatoms. The lowest BCUT2D eigenvalue weighted by atomic mass is 9.97. The van der Waals surface area contributed by atoms with Crippen LogP contribution in [-0.4, -0.2) is 48.7 Å². The molecule has 0 bridgehead atoms. The van der Waals surface area contributed by atoms with E-state index >= 15 is 0 Å². The minimum atomic E-state index is 0.603. The minimum absolute atomic E-state index is 0.603. The first kappa shape index (κ1) is 12.1. The van der Waals surface area contributed by atoms with Gasteiger partial charge in [0.25, 0.3) is 0 Å². The molecule has 94 valence electrons. The maximum atomic E-state index is 5.06. The van der Waals surface area contributed by atoms with Crippen LogP contribution in [0.5, 0.6) is 5.88 Å². The summed E-state index contributed by atoms with van der Waals surface area (Å²) in [5, 5.41) is 3.35. The first-order valence-electron chi connectivity index (χ1n) is 6.06. The highest BCUT2D eigenvalue weighted by Gasteiger charge is 2.16. The maximum Gasteiger partial charge on any atom is 0.218 e. The zero-order valence-electron chi connectivity index (χ0n) is 10.5. The van der Waals surface area contributed by atoms with E-state index < -0.39 is 0 Å². The van der Waals surface area contributed by atoms with Crippen LogP contribution in [0, 0.1) is 5.92 Å². The molecular weight excluding hydrogens is 216 g/mol. The van der Waals surface area contributed by atoms with Crippen LogP contribution >= 0.6 is 0 Å². The summed E-state index contributed by atoms with van der Waals surface area (Å²) in [4.78, 5) is 10.5. The summed E-state index contributed by atoms with van der Waals surface area (Å²) < 4.78 is 5.06. The number of piperidine rings is 1. The summed E-state index contributed by atoms with van der Waals surface area (Å²) >= 11 is 0. The van der Waals surface area contributed by atoms with Crippen LogP contribution in [0.4, 0.5) is 5.82 Å². The van der Waals surface area contributed by atoms with Crippen molar-refractivity contribution in [3.05, 3.63) is 12.4 Å². The molecule has 0 spiro atoms. The number of nitrogens with one attached hydrogen (secondary N) is 1. The first-order chi connectivity index (χ1) is 8.28. The van der Waals surface area contributed by atoms with Gasteiger partial charge in [0.15, 0.2) is 0 Å². The highest BCUT2D eigenvalue weighted by atomic mass is 16.5. The molecule has 0 atom stereocenters. The van der Waals surface area contributed by atoms with Crippen LogP contribution in [-0.2, 0) is 0 Å². The van der Waals surface area contributed by atoms with Crippen LogP contribution in [0.3, 0.4) is 0 Å². The molecule has 1 aliphatic heterocycles. The van der Waals surface area contributed by atoms with E-state index in [4.69, 9.17) is 4.74 Å². The molecule has 1 aromatic rings. The van der Waals surface area contributed by atoms with Crippen molar-refractivity contribution < 1.29 is 4.74 Å². The molecule has 2 rings (SSSR count). The second-order valence-electron chi connectivity index (χ2n) is 4.57. The van der Waals surface area contributed by atoms with Crippen molar-refractivity contribution in [3.8, 4) is 5.88 Å². The van der Waals surface area contributed by atoms with Gasteiger partial charge in [-0.2, -0.15) is 0 Å². The van der Waals surface area contributed by atoms with Gasteiger partial charge >= 0.3 is 0 Å². The van der Waals surface area contributed by atoms with Crippen LogP contribution in [0.25, 0.3) is 0 Å². The van der Waals surface area contributed by atoms with Gasteiger partial charge in [-0.25, -0.2) is 9.97 Å². The molecule has 1 N–H and O–H groups in total. The lowest BCUT2D eigenvalue weighted by Gasteiger charge is -2.29. The summed E-state index contributed by atoms with van der Waals surface area (Å²) in [6.45, 7) is 3.37. The van der Waals surface area contributed by atoms with E-state index in [1.54, 1.807) is 7.11 Å². The molecule has 1 fully saturated rings. The normalized spacial score (nSPS) is 18.0. The van der Waals surface area contributed by atoms with E-state index in [1.165, 1.54) is 32.3 Å². The zero-order valence-corrected chi connectivity index (χ0v) is 10.5. The molecule has 2 heterocycles. The Hall–Kier alpha value is -1.36. The average Bonchev–Trinajstić information content (AvgIpc) is 2.38. The maximum absolute atomic E-state index is 5.06. The topological polar surface area (TPSA) is 50.3 Å². The molecule has 1 aliphatic rings. The first-order valence-corrected chi connectivity index (χ1v) is 6.06. The van der Waals surface area contributed by atoms with Crippen LogP contribution in [0.15, 0.2) is 12.4 Å². The molecule has 0 saturated carbocycles. The quantitative estimate of drug-likeness (QED) is 0.852. The van der Waals surface area contributed by atoms with Gasteiger partial charge in [0.05, 0.1) is 7.11 Å². The van der Waals surface area contributed by atoms with Crippen molar-refractivity contribution in [2.24, 2.45) is 5.92 Å². The van der Waals surface area contributed by atoms with E-state index in [0.717, 1.165) is 18.3 Å². The van der Waals surface area contributed by atoms with E-state index in [-0.39, 0.29) is 0 Å². The number of ether oxygens (including phenoxy) is 1. The molecule has 1 saturated heterocycles. The van der Waals surface area contributed by atoms with Gasteiger partial charge in [0.2, 0.25) is 5.88 Å². The number of rotatable bonds is 4. The van der Waals surface area contributed by atoms with E-state index in [9.17, 15) is 0 Å². The molecule has 0 unspecified atom stereocenters. The van der Waals surface area contributed by atoms with Gasteiger partial charge < -0.3 is 15.0 Å². The second-order valence-corrected chi connectivity index (χ2v) is 4.57. The standard InChI is InChI=1S/C12H20N4O/c1-16-5-3-10(4-6-16)8-13-11-7-12(17-2)15-9-14-11/h7,9-10H,3-6,8H2,1-2H3,(H,13,14,15). The van der Waals surface area contributed by atoms with Gasteiger partial charge in [-0.15, -0.1) is 0 Å². The van der Waals surface area contributed by atoms with Crippen LogP contribution < -0.4 is 10.1 Å². The fourth-order valence-electron chi connectivity index (χ4n) is 2.06. The third kappa shape index (κ3) is 3.56. The largest absolute Gasteiger partial charge is 0.481 e. The lowest BCUT2D eigenvalue weighted by molar-refractivity contribution is 0.226. The number of anilines is 1. The number of likely N-dealkylation sites (tertiary alicyclic amines) is 1. The van der Waals surface area contributed by atoms with E-state index in [1.807, 2.05) is 6.07 Å². The van der Waals surface area contributed by atoms with Crippen LogP contribution in [0.1, 0.15) is 12.8 Å². The molecule has 0 aliphatic carbocycles. The molecule has 0 radical (unpaired) electrons. The Labute approximate surface area is 102 Å². The third-order valence-electron chi connectivity index (χ3n) is 3.26. The fourth-order valence-corrected chi connectivity index (χ4v) is 2.06. The fraction of sp³-hybridized carbons (Fsp3) is 0.667. The van der Waals surface area contributed by atoms with Gasteiger partial charge in [-0.1, -0.05) is 0 Å². The van der Waals surface area contributed by atoms with E-state index in [0.29, 0.717) is 5.88 Å². The van der Waals surface area contributed by atoms with Crippen molar-refractivity contribution in [3.63, 3.8) is 0 Å². The summed E-state index contributed by atoms with van der Waals surface area (Å²) in [7, 11) is 3.79. The number of aromatic nitrogens is 2. The summed E-state index contributed by atoms with van der Waals surface area (Å²) in [6, 6.07) is 1.83. The second kappa shape index (κ2) is 5.82. The molecule has 0 aromatic carbocycles. The van der Waals surface area contributed by atoms with Crippen molar-refractivity contribution in [1.82, 2.24) is 14.9 Å². The smallest absolute Gasteiger partial charge is 0.218 e. The number of hydrogen-bond donors (Lipinski definition) is 1. The molecule has 0 amide bonds. The highest BCUT2D eigenvalue weighted by molar-refractivity contribution is 5.36. The van der Waals surface area contributed by atoms with Crippen LogP contribution in [0.2, 0.25) is 0 Å². The summed E-state index contributed by atoms with van der Waals surface area (Å²) in [5.41, 5.74) is 0. The van der Waals surface area contributed by atoms with Gasteiger partial charge in [0, 0.05) is 12.6 Å². The Balaban J connectivity index is 1.81. The Morgan fingerprint density at radius 1 is 1.41 bits per heavy atom. The van der Waals surface area contributed by atoms with Crippen molar-refractivity contribution in [2.75, 3.05) is 39.1 Å².